The number of benzene rings is 2. The van der Waals surface area contributed by atoms with Crippen molar-refractivity contribution in [2.24, 2.45) is 5.10 Å². The Balaban J connectivity index is 1.48. The van der Waals surface area contributed by atoms with E-state index >= 15 is 0 Å². The lowest BCUT2D eigenvalue weighted by atomic mass is 10.1. The Labute approximate surface area is 188 Å². The molecule has 0 bridgehead atoms. The number of aryl methyl sites for hydroxylation is 2. The maximum absolute atomic E-state index is 12.2. The average Bonchev–Trinajstić information content (AvgIpc) is 2.77. The van der Waals surface area contributed by atoms with Gasteiger partial charge in [-0.05, 0) is 95.0 Å². The fourth-order valence-electron chi connectivity index (χ4n) is 2.59. The number of amides is 2. The number of hydrogen-bond acceptors (Lipinski definition) is 5. The Morgan fingerprint density at radius 3 is 2.58 bits per heavy atom. The van der Waals surface area contributed by atoms with E-state index in [1.54, 1.807) is 42.6 Å². The van der Waals surface area contributed by atoms with Crippen LogP contribution in [-0.2, 0) is 4.79 Å². The first-order chi connectivity index (χ1) is 14.9. The molecule has 7 nitrogen and oxygen atoms in total. The standard InChI is InChI=1S/C23H21BrN4O3/c1-15-10-20(24)21(11-16(15)2)27-22(29)14-31-19-7-5-17(6-8-19)12-26-28-23(30)18-4-3-9-25-13-18/h3-13H,14H2,1-2H3,(H,27,29)(H,28,30). The number of nitrogens with one attached hydrogen (secondary N) is 2. The molecule has 0 radical (unpaired) electrons. The number of hydrazone groups is 1. The van der Waals surface area contributed by atoms with Gasteiger partial charge in [0.05, 0.1) is 17.5 Å². The Hall–Kier alpha value is -3.52. The van der Waals surface area contributed by atoms with E-state index in [-0.39, 0.29) is 18.4 Å². The number of nitrogens with zero attached hydrogens (tertiary/aromatic N) is 2. The van der Waals surface area contributed by atoms with Crippen molar-refractivity contribution in [3.05, 3.63) is 87.7 Å². The van der Waals surface area contributed by atoms with Gasteiger partial charge in [-0.15, -0.1) is 0 Å². The van der Waals surface area contributed by atoms with Gasteiger partial charge in [-0.3, -0.25) is 14.6 Å². The second-order valence-corrected chi connectivity index (χ2v) is 7.62. The zero-order chi connectivity index (χ0) is 22.2. The largest absolute Gasteiger partial charge is 0.484 e. The summed E-state index contributed by atoms with van der Waals surface area (Å²) >= 11 is 3.46. The molecule has 1 heterocycles. The molecule has 3 aromatic rings. The van der Waals surface area contributed by atoms with Crippen LogP contribution in [0.5, 0.6) is 5.75 Å². The van der Waals surface area contributed by atoms with Crippen LogP contribution in [0.15, 0.2) is 70.5 Å². The summed E-state index contributed by atoms with van der Waals surface area (Å²) in [5.74, 6) is -0.0516. The Morgan fingerprint density at radius 2 is 1.87 bits per heavy atom. The monoisotopic (exact) mass is 480 g/mol. The molecular weight excluding hydrogens is 460 g/mol. The third kappa shape index (κ3) is 6.48. The minimum Gasteiger partial charge on any atom is -0.484 e. The van der Waals surface area contributed by atoms with Crippen molar-refractivity contribution in [3.8, 4) is 5.75 Å². The summed E-state index contributed by atoms with van der Waals surface area (Å²) in [6.45, 7) is 3.88. The molecule has 0 aliphatic carbocycles. The summed E-state index contributed by atoms with van der Waals surface area (Å²) < 4.78 is 6.36. The topological polar surface area (TPSA) is 92.7 Å². The molecule has 2 aromatic carbocycles. The molecule has 158 valence electrons. The molecule has 0 saturated carbocycles. The molecule has 0 aliphatic heterocycles. The summed E-state index contributed by atoms with van der Waals surface area (Å²) in [5, 5.41) is 6.76. The van der Waals surface area contributed by atoms with Crippen LogP contribution in [0, 0.1) is 13.8 Å². The SMILES string of the molecule is Cc1cc(Br)c(NC(=O)COc2ccc(C=NNC(=O)c3cccnc3)cc2)cc1C. The van der Waals surface area contributed by atoms with Gasteiger partial charge >= 0.3 is 0 Å². The second-order valence-electron chi connectivity index (χ2n) is 6.76. The number of anilines is 1. The van der Waals surface area contributed by atoms with Gasteiger partial charge in [0, 0.05) is 16.9 Å². The van der Waals surface area contributed by atoms with E-state index in [1.165, 1.54) is 12.4 Å². The normalized spacial score (nSPS) is 10.7. The highest BCUT2D eigenvalue weighted by Crippen LogP contribution is 2.26. The number of pyridine rings is 1. The lowest BCUT2D eigenvalue weighted by Crippen LogP contribution is -2.20. The zero-order valence-corrected chi connectivity index (χ0v) is 18.6. The number of aromatic nitrogens is 1. The maximum Gasteiger partial charge on any atom is 0.272 e. The smallest absolute Gasteiger partial charge is 0.272 e. The number of halogens is 1. The van der Waals surface area contributed by atoms with Crippen molar-refractivity contribution in [2.75, 3.05) is 11.9 Å². The molecule has 0 unspecified atom stereocenters. The molecular formula is C23H21BrN4O3. The van der Waals surface area contributed by atoms with Crippen LogP contribution in [-0.4, -0.2) is 29.6 Å². The average molecular weight is 481 g/mol. The molecule has 0 fully saturated rings. The van der Waals surface area contributed by atoms with Crippen LogP contribution >= 0.6 is 15.9 Å². The number of ether oxygens (including phenoxy) is 1. The van der Waals surface area contributed by atoms with Crippen LogP contribution in [0.1, 0.15) is 27.0 Å². The van der Waals surface area contributed by atoms with Crippen molar-refractivity contribution in [3.63, 3.8) is 0 Å². The molecule has 0 atom stereocenters. The van der Waals surface area contributed by atoms with Gasteiger partial charge in [0.1, 0.15) is 5.75 Å². The first-order valence-electron chi connectivity index (χ1n) is 9.45. The van der Waals surface area contributed by atoms with E-state index < -0.39 is 0 Å². The van der Waals surface area contributed by atoms with E-state index in [4.69, 9.17) is 4.74 Å². The number of carbonyl (C=O) groups is 2. The number of carbonyl (C=O) groups excluding carboxylic acids is 2. The van der Waals surface area contributed by atoms with Crippen molar-refractivity contribution < 1.29 is 14.3 Å². The van der Waals surface area contributed by atoms with Crippen LogP contribution in [0.4, 0.5) is 5.69 Å². The first-order valence-corrected chi connectivity index (χ1v) is 10.2. The Kier molecular flexibility index (Phi) is 7.50. The lowest BCUT2D eigenvalue weighted by molar-refractivity contribution is -0.118. The van der Waals surface area contributed by atoms with Crippen molar-refractivity contribution in [2.45, 2.75) is 13.8 Å². The summed E-state index contributed by atoms with van der Waals surface area (Å²) in [6.07, 6.45) is 4.57. The summed E-state index contributed by atoms with van der Waals surface area (Å²) in [4.78, 5) is 28.0. The quantitative estimate of drug-likeness (QED) is 0.390. The van der Waals surface area contributed by atoms with Crippen LogP contribution in [0.2, 0.25) is 0 Å². The highest BCUT2D eigenvalue weighted by atomic mass is 79.9. The molecule has 0 aliphatic rings. The van der Waals surface area contributed by atoms with E-state index in [1.807, 2.05) is 26.0 Å². The number of hydrogen-bond donors (Lipinski definition) is 2. The Morgan fingerprint density at radius 1 is 1.13 bits per heavy atom. The van der Waals surface area contributed by atoms with E-state index in [0.29, 0.717) is 17.0 Å². The van der Waals surface area contributed by atoms with E-state index in [2.05, 4.69) is 36.8 Å². The number of rotatable bonds is 7. The summed E-state index contributed by atoms with van der Waals surface area (Å²) in [7, 11) is 0. The van der Waals surface area contributed by atoms with Gasteiger partial charge in [0.25, 0.3) is 11.8 Å². The molecule has 31 heavy (non-hydrogen) atoms. The van der Waals surface area contributed by atoms with Gasteiger partial charge in [-0.2, -0.15) is 5.10 Å². The third-order valence-corrected chi connectivity index (χ3v) is 5.07. The molecule has 3 rings (SSSR count). The van der Waals surface area contributed by atoms with E-state index in [9.17, 15) is 9.59 Å². The highest BCUT2D eigenvalue weighted by molar-refractivity contribution is 9.10. The molecule has 2 N–H and O–H groups in total. The van der Waals surface area contributed by atoms with Crippen LogP contribution in [0.3, 0.4) is 0 Å². The molecule has 1 aromatic heterocycles. The Bertz CT molecular complexity index is 1100. The highest BCUT2D eigenvalue weighted by Gasteiger charge is 2.08. The predicted octanol–water partition coefficient (Wildman–Crippen LogP) is 4.24. The van der Waals surface area contributed by atoms with Crippen LogP contribution in [0.25, 0.3) is 0 Å². The predicted molar refractivity (Wildman–Crippen MR) is 123 cm³/mol. The van der Waals surface area contributed by atoms with Crippen molar-refractivity contribution >= 4 is 39.6 Å². The third-order valence-electron chi connectivity index (χ3n) is 4.41. The molecule has 2 amide bonds. The van der Waals surface area contributed by atoms with Gasteiger partial charge < -0.3 is 10.1 Å². The lowest BCUT2D eigenvalue weighted by Gasteiger charge is -2.11. The van der Waals surface area contributed by atoms with Crippen LogP contribution < -0.4 is 15.5 Å². The molecule has 8 heteroatoms. The van der Waals surface area contributed by atoms with Gasteiger partial charge in [-0.1, -0.05) is 0 Å². The van der Waals surface area contributed by atoms with Gasteiger partial charge in [0.15, 0.2) is 6.61 Å². The first kappa shape index (κ1) is 22.2. The fraction of sp³-hybridized carbons (Fsp3) is 0.130. The summed E-state index contributed by atoms with van der Waals surface area (Å²) in [6, 6.07) is 14.2. The van der Waals surface area contributed by atoms with Gasteiger partial charge in [-0.25, -0.2) is 5.43 Å². The fourth-order valence-corrected chi connectivity index (χ4v) is 3.15. The minimum atomic E-state index is -0.342. The minimum absolute atomic E-state index is 0.117. The molecule has 0 saturated heterocycles. The van der Waals surface area contributed by atoms with Gasteiger partial charge in [0.2, 0.25) is 0 Å². The van der Waals surface area contributed by atoms with Crippen molar-refractivity contribution in [1.82, 2.24) is 10.4 Å². The second kappa shape index (κ2) is 10.5. The maximum atomic E-state index is 12.2. The molecule has 0 spiro atoms. The van der Waals surface area contributed by atoms with Crippen molar-refractivity contribution in [1.29, 1.82) is 0 Å². The van der Waals surface area contributed by atoms with E-state index in [0.717, 1.165) is 21.2 Å². The zero-order valence-electron chi connectivity index (χ0n) is 17.1. The summed E-state index contributed by atoms with van der Waals surface area (Å²) in [5.41, 5.74) is 6.57.